The van der Waals surface area contributed by atoms with Crippen LogP contribution >= 0.6 is 15.9 Å². The number of nitrogens with zero attached hydrogens (tertiary/aromatic N) is 1. The van der Waals surface area contributed by atoms with Gasteiger partial charge in [0.05, 0.1) is 9.40 Å². The fourth-order valence-electron chi connectivity index (χ4n) is 1.82. The number of methoxy groups -OCH3 is 1. The molecular formula is C14H21BrN2O3. The average Bonchev–Trinajstić information content (AvgIpc) is 2.38. The number of halogens is 1. The van der Waals surface area contributed by atoms with Gasteiger partial charge < -0.3 is 10.1 Å². The van der Waals surface area contributed by atoms with Crippen molar-refractivity contribution in [2.45, 2.75) is 26.8 Å². The number of hydrogen-bond donors (Lipinski definition) is 1. The predicted octanol–water partition coefficient (Wildman–Crippen LogP) is 3.51. The van der Waals surface area contributed by atoms with Crippen molar-refractivity contribution in [2.24, 2.45) is 5.41 Å². The molecule has 0 saturated heterocycles. The second kappa shape index (κ2) is 7.71. The van der Waals surface area contributed by atoms with Crippen LogP contribution in [0.25, 0.3) is 0 Å². The third kappa shape index (κ3) is 5.56. The van der Waals surface area contributed by atoms with Gasteiger partial charge in [0.15, 0.2) is 0 Å². The maximum atomic E-state index is 10.9. The topological polar surface area (TPSA) is 64.4 Å². The van der Waals surface area contributed by atoms with E-state index in [2.05, 4.69) is 35.1 Å². The molecule has 0 atom stereocenters. The van der Waals surface area contributed by atoms with Crippen LogP contribution in [0.2, 0.25) is 0 Å². The molecule has 1 rings (SSSR count). The standard InChI is InChI=1S/C14H21BrN2O3/c1-14(2,6-7-20-3)10-16-9-11-4-5-12(15)13(8-11)17(18)19/h4-5,8,16H,6-7,9-10H2,1-3H3. The number of nitrogens with one attached hydrogen (secondary N) is 1. The van der Waals surface area contributed by atoms with Crippen LogP contribution in [-0.2, 0) is 11.3 Å². The normalized spacial score (nSPS) is 11.6. The fraction of sp³-hybridized carbons (Fsp3) is 0.571. The summed E-state index contributed by atoms with van der Waals surface area (Å²) in [6.45, 7) is 6.52. The minimum Gasteiger partial charge on any atom is -0.385 e. The molecule has 0 saturated carbocycles. The minimum absolute atomic E-state index is 0.0999. The Morgan fingerprint density at radius 3 is 2.75 bits per heavy atom. The first-order valence-electron chi connectivity index (χ1n) is 6.48. The molecule has 0 bridgehead atoms. The van der Waals surface area contributed by atoms with Gasteiger partial charge >= 0.3 is 0 Å². The monoisotopic (exact) mass is 344 g/mol. The highest BCUT2D eigenvalue weighted by molar-refractivity contribution is 9.10. The van der Waals surface area contributed by atoms with Crippen LogP contribution in [0, 0.1) is 15.5 Å². The molecule has 0 aliphatic heterocycles. The maximum Gasteiger partial charge on any atom is 0.283 e. The van der Waals surface area contributed by atoms with Crippen molar-refractivity contribution in [3.63, 3.8) is 0 Å². The summed E-state index contributed by atoms with van der Waals surface area (Å²) in [5, 5.41) is 14.2. The Morgan fingerprint density at radius 1 is 1.45 bits per heavy atom. The van der Waals surface area contributed by atoms with E-state index < -0.39 is 0 Å². The molecule has 0 aromatic heterocycles. The molecule has 6 heteroatoms. The molecule has 1 N–H and O–H groups in total. The van der Waals surface area contributed by atoms with Crippen molar-refractivity contribution in [1.82, 2.24) is 5.32 Å². The van der Waals surface area contributed by atoms with Gasteiger partial charge in [0.1, 0.15) is 0 Å². The van der Waals surface area contributed by atoms with Gasteiger partial charge in [0.2, 0.25) is 0 Å². The van der Waals surface area contributed by atoms with Crippen LogP contribution in [0.3, 0.4) is 0 Å². The number of hydrogen-bond acceptors (Lipinski definition) is 4. The Balaban J connectivity index is 2.54. The van der Waals surface area contributed by atoms with E-state index in [1.54, 1.807) is 19.2 Å². The second-order valence-corrected chi connectivity index (χ2v) is 6.41. The number of rotatable bonds is 8. The minimum atomic E-state index is -0.379. The van der Waals surface area contributed by atoms with Gasteiger partial charge in [-0.2, -0.15) is 0 Å². The van der Waals surface area contributed by atoms with Crippen LogP contribution in [0.5, 0.6) is 0 Å². The second-order valence-electron chi connectivity index (χ2n) is 5.55. The smallest absolute Gasteiger partial charge is 0.283 e. The van der Waals surface area contributed by atoms with Crippen LogP contribution in [0.15, 0.2) is 22.7 Å². The quantitative estimate of drug-likeness (QED) is 0.578. The molecule has 1 aromatic rings. The molecule has 0 unspecified atom stereocenters. The summed E-state index contributed by atoms with van der Waals surface area (Å²) >= 11 is 3.18. The number of nitro groups is 1. The number of benzene rings is 1. The Bertz CT molecular complexity index is 464. The van der Waals surface area contributed by atoms with E-state index in [1.807, 2.05) is 6.07 Å². The molecule has 0 fully saturated rings. The summed E-state index contributed by atoms with van der Waals surface area (Å²) in [7, 11) is 1.70. The summed E-state index contributed by atoms with van der Waals surface area (Å²) in [5.41, 5.74) is 1.14. The van der Waals surface area contributed by atoms with Gasteiger partial charge in [-0.05, 0) is 39.4 Å². The van der Waals surface area contributed by atoms with Crippen LogP contribution < -0.4 is 5.32 Å². The van der Waals surface area contributed by atoms with Crippen molar-refractivity contribution in [2.75, 3.05) is 20.3 Å². The fourth-order valence-corrected chi connectivity index (χ4v) is 2.21. The number of ether oxygens (including phenoxy) is 1. The molecule has 0 amide bonds. The highest BCUT2D eigenvalue weighted by atomic mass is 79.9. The van der Waals surface area contributed by atoms with Crippen LogP contribution in [0.4, 0.5) is 5.69 Å². The number of nitro benzene ring substituents is 1. The van der Waals surface area contributed by atoms with Crippen LogP contribution in [0.1, 0.15) is 25.8 Å². The van der Waals surface area contributed by atoms with Crippen molar-refractivity contribution < 1.29 is 9.66 Å². The van der Waals surface area contributed by atoms with Crippen molar-refractivity contribution in [1.29, 1.82) is 0 Å². The molecule has 20 heavy (non-hydrogen) atoms. The average molecular weight is 345 g/mol. The summed E-state index contributed by atoms with van der Waals surface area (Å²) in [6.07, 6.45) is 0.969. The highest BCUT2D eigenvalue weighted by Crippen LogP contribution is 2.25. The lowest BCUT2D eigenvalue weighted by atomic mass is 9.89. The zero-order valence-corrected chi connectivity index (χ0v) is 13.7. The zero-order chi connectivity index (χ0) is 15.2. The lowest BCUT2D eigenvalue weighted by Crippen LogP contribution is -2.30. The lowest BCUT2D eigenvalue weighted by molar-refractivity contribution is -0.385. The molecule has 1 aromatic carbocycles. The van der Waals surface area contributed by atoms with Gasteiger partial charge in [0.25, 0.3) is 5.69 Å². The first kappa shape index (κ1) is 17.1. The van der Waals surface area contributed by atoms with E-state index in [-0.39, 0.29) is 16.0 Å². The largest absolute Gasteiger partial charge is 0.385 e. The SMILES string of the molecule is COCCC(C)(C)CNCc1ccc(Br)c([N+](=O)[O-])c1. The Hall–Kier alpha value is -0.980. The van der Waals surface area contributed by atoms with Gasteiger partial charge in [-0.15, -0.1) is 0 Å². The molecule has 5 nitrogen and oxygen atoms in total. The predicted molar refractivity (Wildman–Crippen MR) is 82.8 cm³/mol. The third-order valence-electron chi connectivity index (χ3n) is 3.12. The van der Waals surface area contributed by atoms with E-state index in [4.69, 9.17) is 4.74 Å². The Labute approximate surface area is 128 Å². The van der Waals surface area contributed by atoms with E-state index in [1.165, 1.54) is 0 Å². The Morgan fingerprint density at radius 2 is 2.15 bits per heavy atom. The first-order valence-corrected chi connectivity index (χ1v) is 7.27. The molecule has 0 radical (unpaired) electrons. The van der Waals surface area contributed by atoms with Crippen molar-refractivity contribution >= 4 is 21.6 Å². The third-order valence-corrected chi connectivity index (χ3v) is 3.79. The summed E-state index contributed by atoms with van der Waals surface area (Å²) in [4.78, 5) is 10.5. The molecule has 0 spiro atoms. The Kier molecular flexibility index (Phi) is 6.58. The highest BCUT2D eigenvalue weighted by Gasteiger charge is 2.17. The van der Waals surface area contributed by atoms with E-state index >= 15 is 0 Å². The summed E-state index contributed by atoms with van der Waals surface area (Å²) in [6, 6.07) is 5.19. The van der Waals surface area contributed by atoms with Crippen LogP contribution in [-0.4, -0.2) is 25.2 Å². The molecule has 112 valence electrons. The molecular weight excluding hydrogens is 324 g/mol. The molecule has 0 aliphatic carbocycles. The molecule has 0 heterocycles. The summed E-state index contributed by atoms with van der Waals surface area (Å²) in [5.74, 6) is 0. The van der Waals surface area contributed by atoms with Crippen molar-refractivity contribution in [3.05, 3.63) is 38.3 Å². The van der Waals surface area contributed by atoms with E-state index in [9.17, 15) is 10.1 Å². The zero-order valence-electron chi connectivity index (χ0n) is 12.1. The first-order chi connectivity index (χ1) is 9.35. The van der Waals surface area contributed by atoms with E-state index in [0.29, 0.717) is 11.0 Å². The molecule has 0 aliphatic rings. The maximum absolute atomic E-state index is 10.9. The van der Waals surface area contributed by atoms with Gasteiger partial charge in [-0.1, -0.05) is 19.9 Å². The van der Waals surface area contributed by atoms with Gasteiger partial charge in [0, 0.05) is 32.9 Å². The van der Waals surface area contributed by atoms with Crippen molar-refractivity contribution in [3.8, 4) is 0 Å². The van der Waals surface area contributed by atoms with Gasteiger partial charge in [-0.3, -0.25) is 10.1 Å². The van der Waals surface area contributed by atoms with E-state index in [0.717, 1.165) is 25.1 Å². The lowest BCUT2D eigenvalue weighted by Gasteiger charge is -2.24. The summed E-state index contributed by atoms with van der Waals surface area (Å²) < 4.78 is 5.60. The van der Waals surface area contributed by atoms with Gasteiger partial charge in [-0.25, -0.2) is 0 Å².